The van der Waals surface area contributed by atoms with Gasteiger partial charge >= 0.3 is 12.0 Å². The van der Waals surface area contributed by atoms with Gasteiger partial charge in [-0.05, 0) is 18.1 Å². The summed E-state index contributed by atoms with van der Waals surface area (Å²) in [5, 5.41) is 16.4. The van der Waals surface area contributed by atoms with E-state index in [0.717, 1.165) is 0 Å². The van der Waals surface area contributed by atoms with Gasteiger partial charge in [-0.3, -0.25) is 20.2 Å². The minimum absolute atomic E-state index is 0.122. The lowest BCUT2D eigenvalue weighted by Gasteiger charge is -2.19. The SMILES string of the molecule is CC[C@H](C)[C@H](NCC(=O)NC(=O)Nc1ccccc1)C(=O)O. The number of urea groups is 1. The van der Waals surface area contributed by atoms with Crippen molar-refractivity contribution in [3.63, 3.8) is 0 Å². The van der Waals surface area contributed by atoms with Crippen LogP contribution in [0.3, 0.4) is 0 Å². The second-order valence-electron chi connectivity index (χ2n) is 4.95. The average molecular weight is 307 g/mol. The number of rotatable bonds is 7. The number of benzene rings is 1. The molecule has 1 aromatic carbocycles. The molecule has 1 rings (SSSR count). The van der Waals surface area contributed by atoms with E-state index in [1.165, 1.54) is 0 Å². The molecular weight excluding hydrogens is 286 g/mol. The molecule has 7 heteroatoms. The Bertz CT molecular complexity index is 519. The van der Waals surface area contributed by atoms with Crippen molar-refractivity contribution in [1.82, 2.24) is 10.6 Å². The number of aliphatic carboxylic acids is 1. The van der Waals surface area contributed by atoms with Crippen LogP contribution in [0.5, 0.6) is 0 Å². The molecule has 0 heterocycles. The highest BCUT2D eigenvalue weighted by Crippen LogP contribution is 2.07. The van der Waals surface area contributed by atoms with E-state index < -0.39 is 23.9 Å². The monoisotopic (exact) mass is 307 g/mol. The van der Waals surface area contributed by atoms with E-state index in [4.69, 9.17) is 5.11 Å². The number of carbonyl (C=O) groups is 3. The van der Waals surface area contributed by atoms with Gasteiger partial charge in [-0.15, -0.1) is 0 Å². The van der Waals surface area contributed by atoms with Gasteiger partial charge in [0.15, 0.2) is 0 Å². The Labute approximate surface area is 129 Å². The molecule has 22 heavy (non-hydrogen) atoms. The summed E-state index contributed by atoms with van der Waals surface area (Å²) >= 11 is 0. The maximum atomic E-state index is 11.7. The number of hydrogen-bond donors (Lipinski definition) is 4. The fourth-order valence-corrected chi connectivity index (χ4v) is 1.82. The molecule has 0 fully saturated rings. The molecular formula is C15H21N3O4. The molecule has 0 aromatic heterocycles. The Hall–Kier alpha value is -2.41. The van der Waals surface area contributed by atoms with Gasteiger partial charge in [0.05, 0.1) is 6.54 Å². The van der Waals surface area contributed by atoms with Crippen LogP contribution in [0.15, 0.2) is 30.3 Å². The van der Waals surface area contributed by atoms with Crippen LogP contribution >= 0.6 is 0 Å². The molecule has 2 atom stereocenters. The van der Waals surface area contributed by atoms with Crippen LogP contribution in [-0.4, -0.2) is 35.6 Å². The number of imide groups is 1. The third-order valence-corrected chi connectivity index (χ3v) is 3.25. The molecule has 0 saturated carbocycles. The van der Waals surface area contributed by atoms with Gasteiger partial charge in [0.2, 0.25) is 5.91 Å². The van der Waals surface area contributed by atoms with Crippen molar-refractivity contribution in [3.8, 4) is 0 Å². The predicted octanol–water partition coefficient (Wildman–Crippen LogP) is 1.42. The summed E-state index contributed by atoms with van der Waals surface area (Å²) in [6.07, 6.45) is 0.667. The first kappa shape index (κ1) is 17.6. The molecule has 1 aromatic rings. The number of hydrogen-bond acceptors (Lipinski definition) is 4. The number of carbonyl (C=O) groups excluding carboxylic acids is 2. The Morgan fingerprint density at radius 2 is 1.82 bits per heavy atom. The molecule has 0 aliphatic carbocycles. The molecule has 0 aliphatic heterocycles. The zero-order valence-corrected chi connectivity index (χ0v) is 12.6. The molecule has 4 N–H and O–H groups in total. The van der Waals surface area contributed by atoms with E-state index in [0.29, 0.717) is 12.1 Å². The quantitative estimate of drug-likeness (QED) is 0.609. The highest BCUT2D eigenvalue weighted by atomic mass is 16.4. The van der Waals surface area contributed by atoms with Gasteiger partial charge in [0.1, 0.15) is 6.04 Å². The van der Waals surface area contributed by atoms with E-state index in [-0.39, 0.29) is 12.5 Å². The smallest absolute Gasteiger partial charge is 0.325 e. The molecule has 120 valence electrons. The summed E-state index contributed by atoms with van der Waals surface area (Å²) in [5.41, 5.74) is 0.559. The first-order valence-electron chi connectivity index (χ1n) is 7.06. The third kappa shape index (κ3) is 5.92. The Morgan fingerprint density at radius 1 is 1.18 bits per heavy atom. The third-order valence-electron chi connectivity index (χ3n) is 3.25. The van der Waals surface area contributed by atoms with Crippen molar-refractivity contribution in [1.29, 1.82) is 0 Å². The van der Waals surface area contributed by atoms with Crippen LogP contribution in [0.25, 0.3) is 0 Å². The molecule has 7 nitrogen and oxygen atoms in total. The molecule has 3 amide bonds. The number of carboxylic acid groups (broad SMARTS) is 1. The van der Waals surface area contributed by atoms with Crippen molar-refractivity contribution in [2.24, 2.45) is 5.92 Å². The summed E-state index contributed by atoms with van der Waals surface area (Å²) in [7, 11) is 0. The number of amides is 3. The lowest BCUT2D eigenvalue weighted by atomic mass is 9.99. The predicted molar refractivity (Wildman–Crippen MR) is 82.5 cm³/mol. The summed E-state index contributed by atoms with van der Waals surface area (Å²) in [4.78, 5) is 34.4. The maximum Gasteiger partial charge on any atom is 0.325 e. The largest absolute Gasteiger partial charge is 0.480 e. The van der Waals surface area contributed by atoms with Gasteiger partial charge in [-0.2, -0.15) is 0 Å². The van der Waals surface area contributed by atoms with Crippen molar-refractivity contribution < 1.29 is 19.5 Å². The minimum Gasteiger partial charge on any atom is -0.480 e. The standard InChI is InChI=1S/C15H21N3O4/c1-3-10(2)13(14(20)21)16-9-12(19)18-15(22)17-11-7-5-4-6-8-11/h4-8,10,13,16H,3,9H2,1-2H3,(H,20,21)(H2,17,18,19,22)/t10-,13-/m0/s1. The number of anilines is 1. The number of carboxylic acids is 1. The van der Waals surface area contributed by atoms with Gasteiger partial charge < -0.3 is 10.4 Å². The van der Waals surface area contributed by atoms with Crippen LogP contribution in [0.4, 0.5) is 10.5 Å². The fraction of sp³-hybridized carbons (Fsp3) is 0.400. The first-order valence-corrected chi connectivity index (χ1v) is 7.06. The zero-order chi connectivity index (χ0) is 16.5. The highest BCUT2D eigenvalue weighted by Gasteiger charge is 2.23. The first-order chi connectivity index (χ1) is 10.4. The molecule has 0 aliphatic rings. The summed E-state index contributed by atoms with van der Waals surface area (Å²) in [6.45, 7) is 3.41. The molecule has 0 unspecified atom stereocenters. The van der Waals surface area contributed by atoms with E-state index in [1.54, 1.807) is 37.3 Å². The molecule has 0 bridgehead atoms. The second kappa shape index (κ2) is 8.78. The molecule has 0 saturated heterocycles. The Kier molecular flexibility index (Phi) is 7.04. The second-order valence-corrected chi connectivity index (χ2v) is 4.95. The summed E-state index contributed by atoms with van der Waals surface area (Å²) < 4.78 is 0. The van der Waals surface area contributed by atoms with Crippen molar-refractivity contribution in [2.45, 2.75) is 26.3 Å². The van der Waals surface area contributed by atoms with Crippen LogP contribution in [-0.2, 0) is 9.59 Å². The van der Waals surface area contributed by atoms with E-state index in [9.17, 15) is 14.4 Å². The highest BCUT2D eigenvalue weighted by molar-refractivity contribution is 6.01. The van der Waals surface area contributed by atoms with E-state index >= 15 is 0 Å². The molecule has 0 spiro atoms. The number of para-hydroxylation sites is 1. The number of nitrogens with one attached hydrogen (secondary N) is 3. The van der Waals surface area contributed by atoms with Crippen molar-refractivity contribution in [2.75, 3.05) is 11.9 Å². The average Bonchev–Trinajstić information content (AvgIpc) is 2.47. The minimum atomic E-state index is -1.02. The van der Waals surface area contributed by atoms with Crippen LogP contribution in [0, 0.1) is 5.92 Å². The normalized spacial score (nSPS) is 13.0. The van der Waals surface area contributed by atoms with Gasteiger partial charge in [-0.1, -0.05) is 38.5 Å². The van der Waals surface area contributed by atoms with Gasteiger partial charge in [-0.25, -0.2) is 4.79 Å². The van der Waals surface area contributed by atoms with Gasteiger partial charge in [0, 0.05) is 5.69 Å². The molecule has 0 radical (unpaired) electrons. The van der Waals surface area contributed by atoms with E-state index in [2.05, 4.69) is 16.0 Å². The van der Waals surface area contributed by atoms with E-state index in [1.807, 2.05) is 6.92 Å². The summed E-state index contributed by atoms with van der Waals surface area (Å²) in [5.74, 6) is -1.73. The maximum absolute atomic E-state index is 11.7. The van der Waals surface area contributed by atoms with Gasteiger partial charge in [0.25, 0.3) is 0 Å². The summed E-state index contributed by atoms with van der Waals surface area (Å²) in [6, 6.07) is 7.20. The fourth-order valence-electron chi connectivity index (χ4n) is 1.82. The Balaban J connectivity index is 2.42. The van der Waals surface area contributed by atoms with Crippen molar-refractivity contribution >= 4 is 23.6 Å². The van der Waals surface area contributed by atoms with Crippen LogP contribution in [0.1, 0.15) is 20.3 Å². The van der Waals surface area contributed by atoms with Crippen LogP contribution < -0.4 is 16.0 Å². The zero-order valence-electron chi connectivity index (χ0n) is 12.6. The van der Waals surface area contributed by atoms with Crippen LogP contribution in [0.2, 0.25) is 0 Å². The Morgan fingerprint density at radius 3 is 2.36 bits per heavy atom. The van der Waals surface area contributed by atoms with Crippen molar-refractivity contribution in [3.05, 3.63) is 30.3 Å². The topological polar surface area (TPSA) is 108 Å². The lowest BCUT2D eigenvalue weighted by molar-refractivity contribution is -0.140. The lowest BCUT2D eigenvalue weighted by Crippen LogP contribution is -2.47.